The van der Waals surface area contributed by atoms with Crippen LogP contribution in [0.5, 0.6) is 0 Å². The van der Waals surface area contributed by atoms with Crippen LogP contribution in [0.2, 0.25) is 0 Å². The summed E-state index contributed by atoms with van der Waals surface area (Å²) in [5, 5.41) is 3.10. The second kappa shape index (κ2) is 7.63. The third-order valence-electron chi connectivity index (χ3n) is 4.12. The molecule has 0 spiro atoms. The van der Waals surface area contributed by atoms with Crippen molar-refractivity contribution in [2.24, 2.45) is 0 Å². The third kappa shape index (κ3) is 3.35. The number of hydrogen-bond donors (Lipinski definition) is 1. The highest BCUT2D eigenvalue weighted by Crippen LogP contribution is 2.30. The third-order valence-corrected chi connectivity index (χ3v) is 6.13. The number of nitrogens with one attached hydrogen (secondary N) is 1. The van der Waals surface area contributed by atoms with Gasteiger partial charge in [-0.3, -0.25) is 15.0 Å². The molecule has 0 fully saturated rings. The van der Waals surface area contributed by atoms with E-state index in [1.165, 1.54) is 29.0 Å². The topological polar surface area (TPSA) is 86.1 Å². The molecule has 7 nitrogen and oxygen atoms in total. The van der Waals surface area contributed by atoms with Crippen LogP contribution in [0.3, 0.4) is 0 Å². The molecule has 1 amide bonds. The molecule has 9 heteroatoms. The van der Waals surface area contributed by atoms with Gasteiger partial charge in [0.25, 0.3) is 11.5 Å². The van der Waals surface area contributed by atoms with Crippen molar-refractivity contribution >= 4 is 38.8 Å². The quantitative estimate of drug-likeness (QED) is 0.543. The first-order valence-electron chi connectivity index (χ1n) is 8.39. The van der Waals surface area contributed by atoms with E-state index in [0.717, 1.165) is 15.8 Å². The fourth-order valence-corrected chi connectivity index (χ4v) is 4.68. The number of aromatic nitrogens is 3. The summed E-state index contributed by atoms with van der Waals surface area (Å²) in [6.07, 6.45) is 1.33. The number of ether oxygens (including phenoxy) is 1. The minimum absolute atomic E-state index is 0.322. The number of methoxy groups -OCH3 is 1. The normalized spacial score (nSPS) is 11.1. The van der Waals surface area contributed by atoms with E-state index in [2.05, 4.69) is 15.4 Å². The second-order valence-electron chi connectivity index (χ2n) is 6.01. The van der Waals surface area contributed by atoms with Gasteiger partial charge in [0.2, 0.25) is 0 Å². The van der Waals surface area contributed by atoms with E-state index in [1.807, 2.05) is 35.7 Å². The number of amides is 1. The second-order valence-corrected chi connectivity index (χ2v) is 7.95. The van der Waals surface area contributed by atoms with Gasteiger partial charge in [0.05, 0.1) is 17.7 Å². The maximum Gasteiger partial charge on any atom is 0.282 e. The molecule has 0 aliphatic heterocycles. The van der Waals surface area contributed by atoms with Crippen LogP contribution in [0.1, 0.15) is 20.4 Å². The van der Waals surface area contributed by atoms with E-state index in [4.69, 9.17) is 4.74 Å². The monoisotopic (exact) mass is 412 g/mol. The van der Waals surface area contributed by atoms with E-state index in [-0.39, 0.29) is 5.56 Å². The van der Waals surface area contributed by atoms with Crippen molar-refractivity contribution in [3.8, 4) is 11.1 Å². The number of carbonyl (C=O) groups is 1. The molecule has 0 aliphatic rings. The van der Waals surface area contributed by atoms with Crippen LogP contribution >= 0.6 is 22.7 Å². The molecule has 0 radical (unpaired) electrons. The molecule has 0 saturated carbocycles. The fraction of sp³-hybridized carbons (Fsp3) is 0.158. The lowest BCUT2D eigenvalue weighted by Gasteiger charge is -2.07. The number of fused-ring (bicyclic) bond motifs is 1. The summed E-state index contributed by atoms with van der Waals surface area (Å²) in [4.78, 5) is 35.4. The van der Waals surface area contributed by atoms with E-state index in [9.17, 15) is 9.59 Å². The van der Waals surface area contributed by atoms with Crippen molar-refractivity contribution in [1.29, 1.82) is 0 Å². The Balaban J connectivity index is 1.71. The minimum atomic E-state index is -0.405. The van der Waals surface area contributed by atoms with Crippen LogP contribution in [-0.4, -0.2) is 27.7 Å². The zero-order valence-corrected chi connectivity index (χ0v) is 16.8. The van der Waals surface area contributed by atoms with Crippen molar-refractivity contribution < 1.29 is 9.53 Å². The Labute approximate surface area is 168 Å². The van der Waals surface area contributed by atoms with Crippen LogP contribution in [0.4, 0.5) is 0 Å². The first-order chi connectivity index (χ1) is 13.6. The van der Waals surface area contributed by atoms with E-state index >= 15 is 0 Å². The maximum atomic E-state index is 13.0. The number of nitrogens with zero attached hydrogens (tertiary/aromatic N) is 3. The highest BCUT2D eigenvalue weighted by Gasteiger charge is 2.18. The van der Waals surface area contributed by atoms with Crippen molar-refractivity contribution in [2.45, 2.75) is 13.5 Å². The summed E-state index contributed by atoms with van der Waals surface area (Å²) in [6.45, 7) is 2.09. The van der Waals surface area contributed by atoms with Gasteiger partial charge in [-0.2, -0.15) is 0 Å². The number of hydrogen-bond acceptors (Lipinski definition) is 7. The Kier molecular flexibility index (Phi) is 5.03. The average molecular weight is 412 g/mol. The van der Waals surface area contributed by atoms with Crippen molar-refractivity contribution in [3.05, 3.63) is 68.0 Å². The highest BCUT2D eigenvalue weighted by atomic mass is 32.1. The predicted octanol–water partition coefficient (Wildman–Crippen LogP) is 3.42. The van der Waals surface area contributed by atoms with Crippen LogP contribution in [0, 0.1) is 6.92 Å². The van der Waals surface area contributed by atoms with E-state index < -0.39 is 5.91 Å². The summed E-state index contributed by atoms with van der Waals surface area (Å²) >= 11 is 2.64. The maximum absolute atomic E-state index is 13.0. The Morgan fingerprint density at radius 2 is 2.07 bits per heavy atom. The molecule has 0 bridgehead atoms. The largest absolute Gasteiger partial charge is 0.378 e. The van der Waals surface area contributed by atoms with Gasteiger partial charge in [-0.1, -0.05) is 30.3 Å². The fourth-order valence-electron chi connectivity index (χ4n) is 2.85. The molecule has 4 rings (SSSR count). The Morgan fingerprint density at radius 3 is 2.82 bits per heavy atom. The zero-order valence-electron chi connectivity index (χ0n) is 15.1. The molecule has 0 aliphatic carbocycles. The number of rotatable bonds is 5. The van der Waals surface area contributed by atoms with Gasteiger partial charge >= 0.3 is 0 Å². The molecule has 0 unspecified atom stereocenters. The molecule has 1 aromatic carbocycles. The van der Waals surface area contributed by atoms with Crippen molar-refractivity contribution in [2.75, 3.05) is 12.5 Å². The highest BCUT2D eigenvalue weighted by molar-refractivity contribution is 7.17. The predicted molar refractivity (Wildman–Crippen MR) is 111 cm³/mol. The van der Waals surface area contributed by atoms with E-state index in [1.54, 1.807) is 14.0 Å². The lowest BCUT2D eigenvalue weighted by atomic mass is 10.1. The SMILES string of the molecule is COCc1nc(C)c(C(=O)Nn2cnc3scc(-c4ccccc4)c3c2=O)s1. The minimum Gasteiger partial charge on any atom is -0.378 e. The summed E-state index contributed by atoms with van der Waals surface area (Å²) in [6, 6.07) is 9.63. The van der Waals surface area contributed by atoms with Crippen LogP contribution < -0.4 is 11.0 Å². The number of thiazole rings is 1. The van der Waals surface area contributed by atoms with Crippen LogP contribution in [-0.2, 0) is 11.3 Å². The summed E-state index contributed by atoms with van der Waals surface area (Å²) in [5.74, 6) is -0.405. The van der Waals surface area contributed by atoms with Gasteiger partial charge in [0.15, 0.2) is 0 Å². The molecular weight excluding hydrogens is 396 g/mol. The van der Waals surface area contributed by atoms with Gasteiger partial charge in [-0.05, 0) is 12.5 Å². The van der Waals surface area contributed by atoms with Gasteiger partial charge < -0.3 is 4.74 Å². The Bertz CT molecular complexity index is 1210. The van der Waals surface area contributed by atoms with Crippen molar-refractivity contribution in [1.82, 2.24) is 14.6 Å². The standard InChI is InChI=1S/C19H16N4O3S2/c1-11-16(28-14(21-11)8-26-2)17(24)22-23-10-20-18-15(19(23)25)13(9-27-18)12-6-4-3-5-7-12/h3-7,9-10H,8H2,1-2H3,(H,22,24). The molecule has 4 aromatic rings. The van der Waals surface area contributed by atoms with Crippen molar-refractivity contribution in [3.63, 3.8) is 0 Å². The number of benzene rings is 1. The first kappa shape index (κ1) is 18.5. The number of thiophene rings is 1. The first-order valence-corrected chi connectivity index (χ1v) is 10.1. The molecule has 3 aromatic heterocycles. The van der Waals surface area contributed by atoms with Gasteiger partial charge in [0.1, 0.15) is 21.0 Å². The van der Waals surface area contributed by atoms with E-state index in [0.29, 0.717) is 32.4 Å². The van der Waals surface area contributed by atoms with Crippen LogP contribution in [0.25, 0.3) is 21.3 Å². The summed E-state index contributed by atoms with van der Waals surface area (Å²) in [7, 11) is 1.57. The molecular formula is C19H16N4O3S2. The Morgan fingerprint density at radius 1 is 1.29 bits per heavy atom. The number of carbonyl (C=O) groups excluding carboxylic acids is 1. The van der Waals surface area contributed by atoms with Crippen LogP contribution in [0.15, 0.2) is 46.8 Å². The smallest absolute Gasteiger partial charge is 0.282 e. The zero-order chi connectivity index (χ0) is 19.7. The molecule has 1 N–H and O–H groups in total. The number of aryl methyl sites for hydroxylation is 1. The Hall–Kier alpha value is -2.88. The molecule has 0 saturated heterocycles. The van der Waals surface area contributed by atoms with Gasteiger partial charge in [-0.25, -0.2) is 14.6 Å². The lowest BCUT2D eigenvalue weighted by molar-refractivity contribution is 0.101. The molecule has 0 atom stereocenters. The molecule has 28 heavy (non-hydrogen) atoms. The molecule has 142 valence electrons. The van der Waals surface area contributed by atoms with Gasteiger partial charge in [-0.15, -0.1) is 22.7 Å². The van der Waals surface area contributed by atoms with Gasteiger partial charge in [0, 0.05) is 18.1 Å². The summed E-state index contributed by atoms with van der Waals surface area (Å²) < 4.78 is 6.18. The lowest BCUT2D eigenvalue weighted by Crippen LogP contribution is -2.33. The summed E-state index contributed by atoms with van der Waals surface area (Å²) in [5.41, 5.74) is 4.63. The molecule has 3 heterocycles. The average Bonchev–Trinajstić information content (AvgIpc) is 3.29.